The van der Waals surface area contributed by atoms with Crippen LogP contribution in [0.2, 0.25) is 0 Å². The van der Waals surface area contributed by atoms with E-state index in [0.717, 1.165) is 10.0 Å². The highest BCUT2D eigenvalue weighted by Crippen LogP contribution is 2.28. The summed E-state index contributed by atoms with van der Waals surface area (Å²) in [5.41, 5.74) is 8.54. The van der Waals surface area contributed by atoms with Crippen LogP contribution in [0.25, 0.3) is 0 Å². The van der Waals surface area contributed by atoms with Crippen molar-refractivity contribution < 1.29 is 9.53 Å². The van der Waals surface area contributed by atoms with Crippen LogP contribution in [-0.2, 0) is 0 Å². The number of nitrogens with two attached hydrogens (primary N) is 1. The molecule has 0 aliphatic heterocycles. The van der Waals surface area contributed by atoms with E-state index in [2.05, 4.69) is 21.2 Å². The maximum atomic E-state index is 12.2. The molecule has 0 atom stereocenters. The summed E-state index contributed by atoms with van der Waals surface area (Å²) in [7, 11) is 1.58. The lowest BCUT2D eigenvalue weighted by molar-refractivity contribution is 0.102. The predicted molar refractivity (Wildman–Crippen MR) is 84.2 cm³/mol. The summed E-state index contributed by atoms with van der Waals surface area (Å²) >= 11 is 3.37. The topological polar surface area (TPSA) is 64.3 Å². The lowest BCUT2D eigenvalue weighted by Crippen LogP contribution is -2.14. The van der Waals surface area contributed by atoms with Gasteiger partial charge in [0.1, 0.15) is 5.75 Å². The van der Waals surface area contributed by atoms with Crippen LogP contribution in [0.1, 0.15) is 15.9 Å². The SMILES string of the molecule is COc1ccc(C(=O)Nc2c(C)cc(Br)cc2N)cc1. The number of carbonyl (C=O) groups excluding carboxylic acids is 1. The Balaban J connectivity index is 2.23. The fraction of sp³-hybridized carbons (Fsp3) is 0.133. The molecule has 0 heterocycles. The first-order chi connectivity index (χ1) is 9.51. The van der Waals surface area contributed by atoms with Crippen molar-refractivity contribution in [1.29, 1.82) is 0 Å². The number of rotatable bonds is 3. The van der Waals surface area contributed by atoms with E-state index in [4.69, 9.17) is 10.5 Å². The van der Waals surface area contributed by atoms with Gasteiger partial charge in [-0.3, -0.25) is 4.79 Å². The van der Waals surface area contributed by atoms with Gasteiger partial charge in [-0.05, 0) is 48.9 Å². The molecule has 0 radical (unpaired) electrons. The first-order valence-electron chi connectivity index (χ1n) is 6.02. The number of carbonyl (C=O) groups is 1. The molecule has 0 aliphatic rings. The first kappa shape index (κ1) is 14.4. The highest BCUT2D eigenvalue weighted by Gasteiger charge is 2.11. The summed E-state index contributed by atoms with van der Waals surface area (Å²) in [6.07, 6.45) is 0. The lowest BCUT2D eigenvalue weighted by Gasteiger charge is -2.12. The van der Waals surface area contributed by atoms with Crippen molar-refractivity contribution in [2.24, 2.45) is 0 Å². The molecule has 1 amide bonds. The molecule has 2 rings (SSSR count). The molecule has 0 spiro atoms. The summed E-state index contributed by atoms with van der Waals surface area (Å²) in [4.78, 5) is 12.2. The quantitative estimate of drug-likeness (QED) is 0.843. The molecule has 20 heavy (non-hydrogen) atoms. The maximum absolute atomic E-state index is 12.2. The second-order valence-electron chi connectivity index (χ2n) is 4.37. The minimum absolute atomic E-state index is 0.204. The van der Waals surface area contributed by atoms with E-state index in [1.165, 1.54) is 0 Å². The third-order valence-corrected chi connectivity index (χ3v) is 3.38. The van der Waals surface area contributed by atoms with Gasteiger partial charge >= 0.3 is 0 Å². The van der Waals surface area contributed by atoms with Crippen LogP contribution in [0.4, 0.5) is 11.4 Å². The standard InChI is InChI=1S/C15H15BrN2O2/c1-9-7-11(16)8-13(17)14(9)18-15(19)10-3-5-12(20-2)6-4-10/h3-8H,17H2,1-2H3,(H,18,19). The Bertz CT molecular complexity index is 616. The molecule has 2 aromatic rings. The second-order valence-corrected chi connectivity index (χ2v) is 5.29. The van der Waals surface area contributed by atoms with Gasteiger partial charge in [-0.2, -0.15) is 0 Å². The fourth-order valence-corrected chi connectivity index (χ4v) is 2.46. The van der Waals surface area contributed by atoms with Gasteiger partial charge in [0.2, 0.25) is 0 Å². The number of hydrogen-bond acceptors (Lipinski definition) is 3. The number of nitrogens with one attached hydrogen (secondary N) is 1. The first-order valence-corrected chi connectivity index (χ1v) is 6.81. The largest absolute Gasteiger partial charge is 0.497 e. The second kappa shape index (κ2) is 5.96. The van der Waals surface area contributed by atoms with Gasteiger partial charge in [0, 0.05) is 10.0 Å². The number of hydrogen-bond donors (Lipinski definition) is 2. The van der Waals surface area contributed by atoms with Gasteiger partial charge in [-0.1, -0.05) is 15.9 Å². The number of anilines is 2. The average Bonchev–Trinajstić information content (AvgIpc) is 2.42. The molecular formula is C15H15BrN2O2. The number of benzene rings is 2. The lowest BCUT2D eigenvalue weighted by atomic mass is 10.1. The molecule has 104 valence electrons. The summed E-state index contributed by atoms with van der Waals surface area (Å²) < 4.78 is 5.95. The van der Waals surface area contributed by atoms with Crippen LogP contribution < -0.4 is 15.8 Å². The number of halogens is 1. The molecule has 0 aliphatic carbocycles. The molecule has 3 N–H and O–H groups in total. The molecular weight excluding hydrogens is 320 g/mol. The predicted octanol–water partition coefficient (Wildman–Crippen LogP) is 3.60. The molecule has 0 unspecified atom stereocenters. The normalized spacial score (nSPS) is 10.2. The zero-order valence-corrected chi connectivity index (χ0v) is 12.8. The van der Waals surface area contributed by atoms with Gasteiger partial charge in [-0.15, -0.1) is 0 Å². The Kier molecular flexibility index (Phi) is 4.29. The molecule has 4 nitrogen and oxygen atoms in total. The minimum Gasteiger partial charge on any atom is -0.497 e. The molecule has 0 saturated carbocycles. The Morgan fingerprint density at radius 1 is 1.25 bits per heavy atom. The van der Waals surface area contributed by atoms with Gasteiger partial charge in [0.05, 0.1) is 18.5 Å². The van der Waals surface area contributed by atoms with Crippen LogP contribution in [0.5, 0.6) is 5.75 Å². The summed E-state index contributed by atoms with van der Waals surface area (Å²) in [6, 6.07) is 10.6. The van der Waals surface area contributed by atoms with Crippen LogP contribution in [0.3, 0.4) is 0 Å². The van der Waals surface area contributed by atoms with Gasteiger partial charge in [0.25, 0.3) is 5.91 Å². The van der Waals surface area contributed by atoms with E-state index in [9.17, 15) is 4.79 Å². The van der Waals surface area contributed by atoms with Gasteiger partial charge < -0.3 is 15.8 Å². The number of ether oxygens (including phenoxy) is 1. The maximum Gasteiger partial charge on any atom is 0.255 e. The Labute approximate surface area is 126 Å². The van der Waals surface area contributed by atoms with Crippen LogP contribution >= 0.6 is 15.9 Å². The molecule has 0 fully saturated rings. The number of amides is 1. The van der Waals surface area contributed by atoms with E-state index in [-0.39, 0.29) is 5.91 Å². The monoisotopic (exact) mass is 334 g/mol. The zero-order valence-electron chi connectivity index (χ0n) is 11.2. The van der Waals surface area contributed by atoms with Crippen LogP contribution in [0, 0.1) is 6.92 Å². The molecule has 0 aromatic heterocycles. The molecule has 2 aromatic carbocycles. The number of aryl methyl sites for hydroxylation is 1. The third-order valence-electron chi connectivity index (χ3n) is 2.92. The van der Waals surface area contributed by atoms with Crippen molar-refractivity contribution in [3.05, 3.63) is 52.0 Å². The summed E-state index contributed by atoms with van der Waals surface area (Å²) in [5, 5.41) is 2.83. The van der Waals surface area contributed by atoms with E-state index in [1.807, 2.05) is 13.0 Å². The fourth-order valence-electron chi connectivity index (χ4n) is 1.87. The van der Waals surface area contributed by atoms with E-state index >= 15 is 0 Å². The van der Waals surface area contributed by atoms with E-state index in [0.29, 0.717) is 22.7 Å². The highest BCUT2D eigenvalue weighted by atomic mass is 79.9. The Morgan fingerprint density at radius 3 is 2.45 bits per heavy atom. The van der Waals surface area contributed by atoms with E-state index < -0.39 is 0 Å². The van der Waals surface area contributed by atoms with Crippen LogP contribution in [0.15, 0.2) is 40.9 Å². The van der Waals surface area contributed by atoms with Crippen molar-refractivity contribution in [3.63, 3.8) is 0 Å². The number of nitrogen functional groups attached to an aromatic ring is 1. The highest BCUT2D eigenvalue weighted by molar-refractivity contribution is 9.10. The molecule has 0 saturated heterocycles. The average molecular weight is 335 g/mol. The summed E-state index contributed by atoms with van der Waals surface area (Å²) in [6.45, 7) is 1.89. The van der Waals surface area contributed by atoms with Crippen molar-refractivity contribution in [1.82, 2.24) is 0 Å². The van der Waals surface area contributed by atoms with Gasteiger partial charge in [0.15, 0.2) is 0 Å². The third kappa shape index (κ3) is 3.11. The number of methoxy groups -OCH3 is 1. The van der Waals surface area contributed by atoms with Crippen LogP contribution in [-0.4, -0.2) is 13.0 Å². The van der Waals surface area contributed by atoms with Crippen molar-refractivity contribution >= 4 is 33.2 Å². The van der Waals surface area contributed by atoms with Crippen molar-refractivity contribution in [2.75, 3.05) is 18.2 Å². The van der Waals surface area contributed by atoms with Crippen molar-refractivity contribution in [3.8, 4) is 5.75 Å². The van der Waals surface area contributed by atoms with Gasteiger partial charge in [-0.25, -0.2) is 0 Å². The molecule has 0 bridgehead atoms. The van der Waals surface area contributed by atoms with E-state index in [1.54, 1.807) is 37.4 Å². The Morgan fingerprint density at radius 2 is 1.90 bits per heavy atom. The smallest absolute Gasteiger partial charge is 0.255 e. The minimum atomic E-state index is -0.204. The summed E-state index contributed by atoms with van der Waals surface area (Å²) in [5.74, 6) is 0.505. The van der Waals surface area contributed by atoms with Crippen molar-refractivity contribution in [2.45, 2.75) is 6.92 Å². The Hall–Kier alpha value is -2.01. The molecule has 5 heteroatoms. The zero-order chi connectivity index (χ0) is 14.7.